The zero-order valence-corrected chi connectivity index (χ0v) is 17.3. The van der Waals surface area contributed by atoms with Crippen molar-refractivity contribution in [3.63, 3.8) is 0 Å². The lowest BCUT2D eigenvalue weighted by Gasteiger charge is -2.29. The second kappa shape index (κ2) is 8.88. The molecule has 2 N–H and O–H groups in total. The van der Waals surface area contributed by atoms with E-state index in [1.165, 1.54) is 35.3 Å². The molecule has 1 saturated heterocycles. The third-order valence-electron chi connectivity index (χ3n) is 5.35. The summed E-state index contributed by atoms with van der Waals surface area (Å²) in [5, 5.41) is 16.6. The molecular weight excluding hydrogens is 441 g/mol. The van der Waals surface area contributed by atoms with Gasteiger partial charge in [0.15, 0.2) is 5.69 Å². The zero-order chi connectivity index (χ0) is 23.6. The molecule has 0 bridgehead atoms. The Morgan fingerprint density at radius 2 is 1.91 bits per heavy atom. The molecule has 1 aliphatic heterocycles. The first-order valence-corrected chi connectivity index (χ1v) is 10.2. The Kier molecular flexibility index (Phi) is 5.99. The van der Waals surface area contributed by atoms with Gasteiger partial charge in [0.1, 0.15) is 5.56 Å². The first-order chi connectivity index (χ1) is 15.7. The molecule has 0 radical (unpaired) electrons. The predicted octanol–water partition coefficient (Wildman–Crippen LogP) is 3.86. The van der Waals surface area contributed by atoms with E-state index in [-0.39, 0.29) is 22.9 Å². The van der Waals surface area contributed by atoms with E-state index in [4.69, 9.17) is 0 Å². The number of carbonyl (C=O) groups is 1. The number of nitrogens with one attached hydrogen (secondary N) is 2. The highest BCUT2D eigenvalue weighted by atomic mass is 19.4. The van der Waals surface area contributed by atoms with Crippen molar-refractivity contribution in [1.82, 2.24) is 10.1 Å². The molecule has 1 fully saturated rings. The number of carbonyl (C=O) groups excluding carboxylic acids is 1. The van der Waals surface area contributed by atoms with E-state index in [0.29, 0.717) is 5.69 Å². The topological polar surface area (TPSA) is 108 Å². The molecule has 0 aliphatic carbocycles. The van der Waals surface area contributed by atoms with E-state index in [2.05, 4.69) is 20.3 Å². The summed E-state index contributed by atoms with van der Waals surface area (Å²) in [6, 6.07) is 8.95. The fourth-order valence-corrected chi connectivity index (χ4v) is 3.70. The highest BCUT2D eigenvalue weighted by molar-refractivity contribution is 6.06. The number of rotatable bonds is 5. The fraction of sp³-hybridized carbons (Fsp3) is 0.286. The summed E-state index contributed by atoms with van der Waals surface area (Å²) in [6.07, 6.45) is -0.197. The monoisotopic (exact) mass is 461 g/mol. The van der Waals surface area contributed by atoms with Crippen LogP contribution in [0.5, 0.6) is 0 Å². The summed E-state index contributed by atoms with van der Waals surface area (Å²) in [6.45, 7) is 1.60. The number of nitro benzene ring substituents is 1. The molecule has 1 aliphatic rings. The van der Waals surface area contributed by atoms with Crippen LogP contribution in [0.4, 0.5) is 30.5 Å². The molecule has 0 spiro atoms. The second-order valence-corrected chi connectivity index (χ2v) is 7.58. The molecule has 2 heterocycles. The highest BCUT2D eigenvalue weighted by Gasteiger charge is 2.31. The van der Waals surface area contributed by atoms with Gasteiger partial charge in [0.25, 0.3) is 11.6 Å². The summed E-state index contributed by atoms with van der Waals surface area (Å²) < 4.78 is 40.1. The number of anilines is 2. The summed E-state index contributed by atoms with van der Waals surface area (Å²) in [5.74, 6) is -0.832. The number of piperidine rings is 1. The number of hydrogen-bond acceptors (Lipinski definition) is 5. The van der Waals surface area contributed by atoms with Gasteiger partial charge in [0.05, 0.1) is 10.5 Å². The Labute approximate surface area is 186 Å². The molecular formula is C21H20F3N6O3+. The van der Waals surface area contributed by atoms with Crippen molar-refractivity contribution in [3.05, 3.63) is 70.0 Å². The van der Waals surface area contributed by atoms with Crippen LogP contribution in [0.25, 0.3) is 5.69 Å². The molecule has 9 nitrogen and oxygen atoms in total. The number of aromatic nitrogens is 3. The maximum atomic E-state index is 13.0. The first-order valence-electron chi connectivity index (χ1n) is 10.2. The third-order valence-corrected chi connectivity index (χ3v) is 5.35. The van der Waals surface area contributed by atoms with Gasteiger partial charge in [-0.3, -0.25) is 20.2 Å². The van der Waals surface area contributed by atoms with Crippen molar-refractivity contribution >= 4 is 23.2 Å². The Balaban J connectivity index is 1.58. The molecule has 172 valence electrons. The van der Waals surface area contributed by atoms with Crippen molar-refractivity contribution in [1.29, 1.82) is 0 Å². The van der Waals surface area contributed by atoms with Crippen LogP contribution in [0.3, 0.4) is 0 Å². The molecule has 0 atom stereocenters. The van der Waals surface area contributed by atoms with Gasteiger partial charge >= 0.3 is 18.5 Å². The maximum absolute atomic E-state index is 13.0. The van der Waals surface area contributed by atoms with Crippen LogP contribution in [-0.4, -0.2) is 34.0 Å². The standard InChI is InChI=1S/C21H19F3N6O3/c22-21(23,24)14-5-4-6-16(11-14)29-13-25-20(27-29)26-19(31)17-12-15(7-8-18(17)30(32)33)28-9-2-1-3-10-28/h4-8,11-13H,1-3,9-10H2,(H,26,27,31)/p+1. The van der Waals surface area contributed by atoms with Gasteiger partial charge in [0.2, 0.25) is 0 Å². The van der Waals surface area contributed by atoms with E-state index in [0.717, 1.165) is 44.5 Å². The number of halogens is 3. The highest BCUT2D eigenvalue weighted by Crippen LogP contribution is 2.30. The second-order valence-electron chi connectivity index (χ2n) is 7.58. The van der Waals surface area contributed by atoms with Crippen molar-refractivity contribution in [2.24, 2.45) is 0 Å². The number of nitrogens with zero attached hydrogens (tertiary/aromatic N) is 4. The van der Waals surface area contributed by atoms with Crippen LogP contribution in [-0.2, 0) is 6.18 Å². The van der Waals surface area contributed by atoms with Gasteiger partial charge in [-0.2, -0.15) is 18.3 Å². The minimum absolute atomic E-state index is 0.0740. The quantitative estimate of drug-likeness (QED) is 0.341. The number of aromatic amines is 1. The number of benzene rings is 2. The summed E-state index contributed by atoms with van der Waals surface area (Å²) in [7, 11) is 0. The largest absolute Gasteiger partial charge is 0.416 e. The summed E-state index contributed by atoms with van der Waals surface area (Å²) in [4.78, 5) is 29.7. The Morgan fingerprint density at radius 1 is 1.15 bits per heavy atom. The lowest BCUT2D eigenvalue weighted by atomic mass is 10.1. The molecule has 33 heavy (non-hydrogen) atoms. The van der Waals surface area contributed by atoms with E-state index in [1.54, 1.807) is 6.07 Å². The summed E-state index contributed by atoms with van der Waals surface area (Å²) in [5.41, 5.74) is -0.465. The number of amides is 1. The molecule has 12 heteroatoms. The lowest BCUT2D eigenvalue weighted by molar-refractivity contribution is -0.655. The minimum atomic E-state index is -4.51. The Bertz CT molecular complexity index is 1190. The SMILES string of the molecule is O=C(Nc1nc[n+](-c2cccc(C(F)(F)F)c2)[nH]1)c1cc(N2CCCCC2)ccc1[N+](=O)[O-]. The average Bonchev–Trinajstić information content (AvgIpc) is 3.27. The molecule has 1 amide bonds. The van der Waals surface area contributed by atoms with Crippen molar-refractivity contribution < 1.29 is 27.6 Å². The van der Waals surface area contributed by atoms with Crippen molar-refractivity contribution in [3.8, 4) is 5.69 Å². The number of alkyl halides is 3. The van der Waals surface area contributed by atoms with Crippen molar-refractivity contribution in [2.75, 3.05) is 23.3 Å². The van der Waals surface area contributed by atoms with Gasteiger partial charge < -0.3 is 4.90 Å². The van der Waals surface area contributed by atoms with Gasteiger partial charge in [-0.25, -0.2) is 0 Å². The van der Waals surface area contributed by atoms with Crippen LogP contribution in [0.15, 0.2) is 48.8 Å². The van der Waals surface area contributed by atoms with Gasteiger partial charge in [-0.05, 0) is 54.6 Å². The molecule has 3 aromatic rings. The Hall–Kier alpha value is -3.96. The van der Waals surface area contributed by atoms with E-state index >= 15 is 0 Å². The number of hydrogen-bond donors (Lipinski definition) is 2. The van der Waals surface area contributed by atoms with E-state index in [1.807, 2.05) is 0 Å². The summed E-state index contributed by atoms with van der Waals surface area (Å²) >= 11 is 0. The first kappa shape index (κ1) is 22.2. The minimum Gasteiger partial charge on any atom is -0.372 e. The lowest BCUT2D eigenvalue weighted by Crippen LogP contribution is -2.32. The molecule has 1 aromatic heterocycles. The fourth-order valence-electron chi connectivity index (χ4n) is 3.70. The number of nitro groups is 1. The molecule has 2 aromatic carbocycles. The van der Waals surface area contributed by atoms with Crippen LogP contribution >= 0.6 is 0 Å². The van der Waals surface area contributed by atoms with Crippen LogP contribution in [0.2, 0.25) is 0 Å². The smallest absolute Gasteiger partial charge is 0.372 e. The van der Waals surface area contributed by atoms with Gasteiger partial charge in [-0.1, -0.05) is 6.07 Å². The van der Waals surface area contributed by atoms with E-state index in [9.17, 15) is 28.1 Å². The molecule has 0 unspecified atom stereocenters. The normalized spacial score (nSPS) is 14.2. The third kappa shape index (κ3) is 4.94. The predicted molar refractivity (Wildman–Crippen MR) is 112 cm³/mol. The number of H-pyrrole nitrogens is 1. The van der Waals surface area contributed by atoms with Gasteiger partial charge in [-0.15, -0.1) is 4.68 Å². The van der Waals surface area contributed by atoms with E-state index < -0.39 is 22.6 Å². The van der Waals surface area contributed by atoms with Crippen molar-refractivity contribution in [2.45, 2.75) is 25.4 Å². The average molecular weight is 461 g/mol. The molecule has 4 rings (SSSR count). The molecule has 0 saturated carbocycles. The zero-order valence-electron chi connectivity index (χ0n) is 17.3. The Morgan fingerprint density at radius 3 is 2.61 bits per heavy atom. The maximum Gasteiger partial charge on any atom is 0.416 e. The van der Waals surface area contributed by atoms with Gasteiger partial charge in [0, 0.05) is 24.8 Å². The van der Waals surface area contributed by atoms with Crippen LogP contribution in [0, 0.1) is 10.1 Å². The van der Waals surface area contributed by atoms with Crippen LogP contribution < -0.4 is 14.9 Å². The van der Waals surface area contributed by atoms with Crippen LogP contribution in [0.1, 0.15) is 35.2 Å².